The molecule has 0 aliphatic heterocycles. The van der Waals surface area contributed by atoms with Crippen molar-refractivity contribution in [1.82, 2.24) is 25.6 Å². The molecule has 0 spiro atoms. The second-order valence-corrected chi connectivity index (χ2v) is 7.45. The highest BCUT2D eigenvalue weighted by Crippen LogP contribution is 2.33. The average molecular weight is 395 g/mol. The molecular formula is C20H22N6OS. The van der Waals surface area contributed by atoms with E-state index >= 15 is 0 Å². The summed E-state index contributed by atoms with van der Waals surface area (Å²) in [5.41, 5.74) is 1.70. The van der Waals surface area contributed by atoms with E-state index in [1.165, 1.54) is 0 Å². The number of rotatable bonds is 8. The highest BCUT2D eigenvalue weighted by atomic mass is 32.1. The number of hydrogen-bond acceptors (Lipinski definition) is 8. The Balaban J connectivity index is 1.62. The molecule has 0 aliphatic rings. The fourth-order valence-electron chi connectivity index (χ4n) is 2.96. The maximum Gasteiger partial charge on any atom is 0.227 e. The van der Waals surface area contributed by atoms with Crippen LogP contribution in [0.25, 0.3) is 21.0 Å². The summed E-state index contributed by atoms with van der Waals surface area (Å²) in [5.74, 6) is 0.519. The number of thiophene rings is 1. The van der Waals surface area contributed by atoms with Crippen LogP contribution in [0.5, 0.6) is 0 Å². The van der Waals surface area contributed by atoms with Gasteiger partial charge in [0, 0.05) is 45.8 Å². The predicted octanol–water partition coefficient (Wildman–Crippen LogP) is 3.17. The number of hydrogen-bond donors (Lipinski definition) is 4. The van der Waals surface area contributed by atoms with Crippen LogP contribution in [-0.4, -0.2) is 39.7 Å². The van der Waals surface area contributed by atoms with Gasteiger partial charge in [0.15, 0.2) is 0 Å². The molecule has 1 unspecified atom stereocenters. The van der Waals surface area contributed by atoms with Gasteiger partial charge in [-0.15, -0.1) is 11.3 Å². The van der Waals surface area contributed by atoms with Crippen LogP contribution < -0.4 is 16.0 Å². The highest BCUT2D eigenvalue weighted by Gasteiger charge is 2.13. The monoisotopic (exact) mass is 394 g/mol. The Labute approximate surface area is 166 Å². The maximum atomic E-state index is 10.5. The van der Waals surface area contributed by atoms with Crippen molar-refractivity contribution in [3.63, 3.8) is 0 Å². The molecule has 0 radical (unpaired) electrons. The molecule has 144 valence electrons. The fourth-order valence-corrected chi connectivity index (χ4v) is 3.99. The summed E-state index contributed by atoms with van der Waals surface area (Å²) >= 11 is 1.57. The predicted molar refractivity (Wildman–Crippen MR) is 114 cm³/mol. The van der Waals surface area contributed by atoms with Crippen molar-refractivity contribution >= 4 is 44.0 Å². The zero-order valence-electron chi connectivity index (χ0n) is 15.5. The van der Waals surface area contributed by atoms with Crippen molar-refractivity contribution in [2.45, 2.75) is 13.2 Å². The lowest BCUT2D eigenvalue weighted by Gasteiger charge is -2.10. The minimum atomic E-state index is -0.694. The van der Waals surface area contributed by atoms with Crippen molar-refractivity contribution in [2.24, 2.45) is 0 Å². The second kappa shape index (κ2) is 8.57. The summed E-state index contributed by atoms with van der Waals surface area (Å²) in [6, 6.07) is 9.84. The summed E-state index contributed by atoms with van der Waals surface area (Å²) in [7, 11) is 0. The molecule has 4 rings (SSSR count). The Morgan fingerprint density at radius 2 is 2.11 bits per heavy atom. The zero-order chi connectivity index (χ0) is 19.3. The van der Waals surface area contributed by atoms with Gasteiger partial charge in [-0.1, -0.05) is 6.92 Å². The average Bonchev–Trinajstić information content (AvgIpc) is 3.17. The molecule has 0 fully saturated rings. The van der Waals surface area contributed by atoms with Crippen LogP contribution in [0.4, 0.5) is 11.6 Å². The number of nitrogens with zero attached hydrogens (tertiary/aromatic N) is 3. The summed E-state index contributed by atoms with van der Waals surface area (Å²) in [4.78, 5) is 14.1. The topological polar surface area (TPSA) is 95.0 Å². The summed E-state index contributed by atoms with van der Waals surface area (Å²) < 4.78 is 1.08. The molecule has 0 amide bonds. The molecular weight excluding hydrogens is 372 g/mol. The Morgan fingerprint density at radius 1 is 1.18 bits per heavy atom. The molecule has 1 aromatic carbocycles. The summed E-state index contributed by atoms with van der Waals surface area (Å²) in [5, 5.41) is 22.0. The van der Waals surface area contributed by atoms with E-state index in [0.717, 1.165) is 44.6 Å². The first-order chi connectivity index (χ1) is 13.7. The van der Waals surface area contributed by atoms with Crippen LogP contribution in [-0.2, 0) is 0 Å². The Morgan fingerprint density at radius 3 is 2.93 bits per heavy atom. The molecule has 0 bridgehead atoms. The quantitative estimate of drug-likeness (QED) is 0.269. The van der Waals surface area contributed by atoms with Crippen LogP contribution in [0.1, 0.15) is 18.0 Å². The number of benzene rings is 1. The lowest BCUT2D eigenvalue weighted by atomic mass is 10.2. The lowest BCUT2D eigenvalue weighted by Crippen LogP contribution is -2.29. The van der Waals surface area contributed by atoms with E-state index in [2.05, 4.69) is 38.9 Å². The van der Waals surface area contributed by atoms with Crippen molar-refractivity contribution in [3.05, 3.63) is 53.8 Å². The SMILES string of the molecule is CCNCCNC(O)c1cc2c(ccc3cnc(Nc4cccnc4)nc32)s1. The molecule has 4 aromatic rings. The van der Waals surface area contributed by atoms with E-state index in [1.807, 2.05) is 30.5 Å². The van der Waals surface area contributed by atoms with E-state index < -0.39 is 6.23 Å². The molecule has 0 saturated carbocycles. The second-order valence-electron chi connectivity index (χ2n) is 6.33. The largest absolute Gasteiger partial charge is 0.373 e. The molecule has 1 atom stereocenters. The minimum Gasteiger partial charge on any atom is -0.373 e. The van der Waals surface area contributed by atoms with Gasteiger partial charge in [-0.25, -0.2) is 9.97 Å². The zero-order valence-corrected chi connectivity index (χ0v) is 16.3. The molecule has 8 heteroatoms. The maximum absolute atomic E-state index is 10.5. The van der Waals surface area contributed by atoms with Gasteiger partial charge in [0.2, 0.25) is 5.95 Å². The first-order valence-corrected chi connectivity index (χ1v) is 10.0. The van der Waals surface area contributed by atoms with Gasteiger partial charge < -0.3 is 15.7 Å². The van der Waals surface area contributed by atoms with Crippen LogP contribution in [0.2, 0.25) is 0 Å². The number of anilines is 2. The minimum absolute atomic E-state index is 0.519. The third-order valence-electron chi connectivity index (χ3n) is 4.34. The third-order valence-corrected chi connectivity index (χ3v) is 5.50. The Bertz CT molecular complexity index is 1070. The summed E-state index contributed by atoms with van der Waals surface area (Å²) in [6.45, 7) is 4.50. The molecule has 7 nitrogen and oxygen atoms in total. The van der Waals surface area contributed by atoms with Gasteiger partial charge >= 0.3 is 0 Å². The van der Waals surface area contributed by atoms with Gasteiger partial charge in [0.1, 0.15) is 6.23 Å². The van der Waals surface area contributed by atoms with Gasteiger partial charge in [-0.3, -0.25) is 10.3 Å². The van der Waals surface area contributed by atoms with Gasteiger partial charge in [-0.05, 0) is 36.9 Å². The number of aliphatic hydroxyl groups is 1. The van der Waals surface area contributed by atoms with Crippen LogP contribution in [0.15, 0.2) is 48.9 Å². The van der Waals surface area contributed by atoms with E-state index in [9.17, 15) is 5.11 Å². The number of aliphatic hydroxyl groups excluding tert-OH is 1. The van der Waals surface area contributed by atoms with Gasteiger partial charge in [0.05, 0.1) is 17.4 Å². The molecule has 28 heavy (non-hydrogen) atoms. The summed E-state index contributed by atoms with van der Waals surface area (Å²) in [6.07, 6.45) is 4.57. The van der Waals surface area contributed by atoms with Crippen LogP contribution >= 0.6 is 11.3 Å². The first kappa shape index (κ1) is 18.7. The molecule has 4 N–H and O–H groups in total. The van der Waals surface area contributed by atoms with Crippen molar-refractivity contribution in [3.8, 4) is 0 Å². The fraction of sp³-hybridized carbons (Fsp3) is 0.250. The normalized spacial score (nSPS) is 12.5. The standard InChI is InChI=1S/C20H22N6OS/c1-2-21-8-9-23-19(27)17-10-15-16(28-17)6-5-13-11-24-20(26-18(13)15)25-14-4-3-7-22-12-14/h3-7,10-12,19,21,23,27H,2,8-9H2,1H3,(H,24,25,26). The van der Waals surface area contributed by atoms with Crippen LogP contribution in [0, 0.1) is 0 Å². The number of pyridine rings is 1. The van der Waals surface area contributed by atoms with Gasteiger partial charge in [-0.2, -0.15) is 0 Å². The first-order valence-electron chi connectivity index (χ1n) is 9.23. The highest BCUT2D eigenvalue weighted by molar-refractivity contribution is 7.19. The number of aromatic nitrogens is 3. The Hall–Kier alpha value is -2.65. The lowest BCUT2D eigenvalue weighted by molar-refractivity contribution is 0.143. The van der Waals surface area contributed by atoms with Gasteiger partial charge in [0.25, 0.3) is 0 Å². The smallest absolute Gasteiger partial charge is 0.227 e. The van der Waals surface area contributed by atoms with Crippen molar-refractivity contribution < 1.29 is 5.11 Å². The molecule has 0 saturated heterocycles. The van der Waals surface area contributed by atoms with E-state index in [4.69, 9.17) is 4.98 Å². The van der Waals surface area contributed by atoms with Crippen molar-refractivity contribution in [1.29, 1.82) is 0 Å². The number of nitrogens with one attached hydrogen (secondary N) is 3. The molecule has 3 heterocycles. The van der Waals surface area contributed by atoms with Crippen LogP contribution in [0.3, 0.4) is 0 Å². The number of likely N-dealkylation sites (N-methyl/N-ethyl adjacent to an activating group) is 1. The van der Waals surface area contributed by atoms with E-state index in [1.54, 1.807) is 23.7 Å². The Kier molecular flexibility index (Phi) is 5.73. The number of fused-ring (bicyclic) bond motifs is 3. The van der Waals surface area contributed by atoms with E-state index in [0.29, 0.717) is 12.5 Å². The van der Waals surface area contributed by atoms with Crippen molar-refractivity contribution in [2.75, 3.05) is 25.0 Å². The van der Waals surface area contributed by atoms with E-state index in [-0.39, 0.29) is 0 Å². The molecule has 3 aromatic heterocycles. The third kappa shape index (κ3) is 4.10. The molecule has 0 aliphatic carbocycles.